The molecule has 0 unspecified atom stereocenters. The Bertz CT molecular complexity index is 2190. The molecule has 0 aliphatic carbocycles. The summed E-state index contributed by atoms with van der Waals surface area (Å²) in [6, 6.07) is 39.3. The van der Waals surface area contributed by atoms with Crippen LogP contribution in [0.2, 0.25) is 0 Å². The van der Waals surface area contributed by atoms with Crippen molar-refractivity contribution in [3.63, 3.8) is 0 Å². The molecule has 8 nitrogen and oxygen atoms in total. The highest BCUT2D eigenvalue weighted by molar-refractivity contribution is 5.93. The average Bonchev–Trinajstić information content (AvgIpc) is 3.75. The summed E-state index contributed by atoms with van der Waals surface area (Å²) in [6.07, 6.45) is 1.91. The molecule has 1 aliphatic heterocycles. The first kappa shape index (κ1) is 36.8. The van der Waals surface area contributed by atoms with Crippen molar-refractivity contribution in [3.8, 4) is 33.8 Å². The van der Waals surface area contributed by atoms with Crippen molar-refractivity contribution in [2.75, 3.05) is 11.4 Å². The molecular weight excluding hydrogens is 665 g/mol. The number of hydrogen-bond acceptors (Lipinski definition) is 6. The predicted octanol–water partition coefficient (Wildman–Crippen LogP) is 11.0. The maximum Gasteiger partial charge on any atom is 0.418 e. The number of carbonyl (C=O) groups is 2. The number of hydrogen-bond donors (Lipinski definition) is 1. The molecule has 0 saturated heterocycles. The number of carbonyl (C=O) groups excluding carboxylic acids is 2. The molecule has 0 bridgehead atoms. The Morgan fingerprint density at radius 3 is 1.91 bits per heavy atom. The maximum atomic E-state index is 12.4. The lowest BCUT2D eigenvalue weighted by molar-refractivity contribution is 0.0541. The molecule has 7 rings (SSSR count). The Morgan fingerprint density at radius 2 is 1.25 bits per heavy atom. The van der Waals surface area contributed by atoms with Gasteiger partial charge >= 0.3 is 12.2 Å². The van der Waals surface area contributed by atoms with E-state index in [1.165, 1.54) is 0 Å². The largest absolute Gasteiger partial charge is 0.508 e. The zero-order chi connectivity index (χ0) is 37.8. The van der Waals surface area contributed by atoms with Gasteiger partial charge in [0, 0.05) is 18.1 Å². The van der Waals surface area contributed by atoms with Gasteiger partial charge in [-0.3, -0.25) is 9.47 Å². The van der Waals surface area contributed by atoms with Crippen LogP contribution in [-0.4, -0.2) is 39.6 Å². The number of phenolic OH excluding ortho intramolecular Hbond substituents is 1. The summed E-state index contributed by atoms with van der Waals surface area (Å²) in [4.78, 5) is 26.4. The minimum absolute atomic E-state index is 0.256. The molecule has 0 saturated carbocycles. The van der Waals surface area contributed by atoms with Crippen molar-refractivity contribution in [3.05, 3.63) is 139 Å². The summed E-state index contributed by atoms with van der Waals surface area (Å²) >= 11 is 0. The summed E-state index contributed by atoms with van der Waals surface area (Å²) in [5, 5.41) is 10.4. The Morgan fingerprint density at radius 1 is 0.660 bits per heavy atom. The van der Waals surface area contributed by atoms with E-state index < -0.39 is 11.2 Å². The van der Waals surface area contributed by atoms with Gasteiger partial charge < -0.3 is 19.3 Å². The van der Waals surface area contributed by atoms with E-state index in [0.717, 1.165) is 62.1 Å². The Balaban J connectivity index is 0.000000188. The van der Waals surface area contributed by atoms with Gasteiger partial charge in [-0.2, -0.15) is 0 Å². The first-order valence-corrected chi connectivity index (χ1v) is 17.8. The average molecular weight is 711 g/mol. The van der Waals surface area contributed by atoms with E-state index in [2.05, 4.69) is 12.1 Å². The molecule has 0 fully saturated rings. The lowest BCUT2D eigenvalue weighted by atomic mass is 10.0. The van der Waals surface area contributed by atoms with E-state index in [1.807, 2.05) is 139 Å². The van der Waals surface area contributed by atoms with Crippen LogP contribution in [0.4, 0.5) is 15.3 Å². The Hall–Kier alpha value is -6.02. The third-order valence-electron chi connectivity index (χ3n) is 8.51. The fourth-order valence-corrected chi connectivity index (χ4v) is 6.02. The van der Waals surface area contributed by atoms with E-state index in [9.17, 15) is 14.7 Å². The molecule has 1 amide bonds. The molecule has 53 heavy (non-hydrogen) atoms. The van der Waals surface area contributed by atoms with Gasteiger partial charge in [-0.1, -0.05) is 66.7 Å². The molecule has 0 spiro atoms. The van der Waals surface area contributed by atoms with E-state index in [-0.39, 0.29) is 17.9 Å². The number of aromatic hydroxyl groups is 1. The van der Waals surface area contributed by atoms with Crippen molar-refractivity contribution in [2.24, 2.45) is 0 Å². The molecule has 8 heteroatoms. The summed E-state index contributed by atoms with van der Waals surface area (Å²) in [6.45, 7) is 12.4. The van der Waals surface area contributed by atoms with Crippen LogP contribution in [0, 0.1) is 0 Å². The van der Waals surface area contributed by atoms with Crippen molar-refractivity contribution < 1.29 is 28.9 Å². The van der Waals surface area contributed by atoms with Crippen molar-refractivity contribution in [1.82, 2.24) is 4.57 Å². The second kappa shape index (κ2) is 15.3. The number of ether oxygens (including phenoxy) is 3. The number of phenols is 1. The number of fused-ring (bicyclic) bond motifs is 2. The number of rotatable bonds is 5. The van der Waals surface area contributed by atoms with Gasteiger partial charge in [-0.05, 0) is 136 Å². The summed E-state index contributed by atoms with van der Waals surface area (Å²) in [5.41, 5.74) is 7.30. The van der Waals surface area contributed by atoms with Gasteiger partial charge in [0.05, 0.1) is 11.2 Å². The van der Waals surface area contributed by atoms with Crippen LogP contribution in [0.15, 0.2) is 128 Å². The zero-order valence-corrected chi connectivity index (χ0v) is 31.1. The van der Waals surface area contributed by atoms with Gasteiger partial charge in [0.15, 0.2) is 0 Å². The number of anilines is 1. The molecule has 5 aromatic carbocycles. The quantitative estimate of drug-likeness (QED) is 0.192. The van der Waals surface area contributed by atoms with Crippen molar-refractivity contribution in [2.45, 2.75) is 65.8 Å². The third kappa shape index (κ3) is 9.46. The van der Waals surface area contributed by atoms with Crippen molar-refractivity contribution >= 4 is 28.8 Å². The number of nitrogens with zero attached hydrogens (tertiary/aromatic N) is 2. The van der Waals surface area contributed by atoms with Crippen LogP contribution in [0.1, 0.15) is 52.7 Å². The standard InChI is InChI=1S/C26H25NO3.C19H21NO3/c1-26(2,3)30-25(28)27-16-15-22-17-21(11-14-24(22)27)20-9-12-23(13-10-20)29-18-19-7-5-4-6-8-19;1-19(2,3)23-18(22)20-11-10-15-12-14(6-9-17(15)20)13-4-7-16(21)8-5-13/h4-17H,18H2,1-3H3;4-9,12,21H,10-11H2,1-3H3. The van der Waals surface area contributed by atoms with Gasteiger partial charge in [0.25, 0.3) is 0 Å². The number of amides is 1. The highest BCUT2D eigenvalue weighted by Crippen LogP contribution is 2.34. The molecule has 1 N–H and O–H groups in total. The molecule has 272 valence electrons. The third-order valence-corrected chi connectivity index (χ3v) is 8.51. The number of benzene rings is 5. The highest BCUT2D eigenvalue weighted by atomic mass is 16.6. The van der Waals surface area contributed by atoms with Crippen LogP contribution in [-0.2, 0) is 22.5 Å². The monoisotopic (exact) mass is 710 g/mol. The van der Waals surface area contributed by atoms with Crippen LogP contribution in [0.25, 0.3) is 33.2 Å². The van der Waals surface area contributed by atoms with Gasteiger partial charge in [-0.25, -0.2) is 9.59 Å². The van der Waals surface area contributed by atoms with Crippen molar-refractivity contribution in [1.29, 1.82) is 0 Å². The van der Waals surface area contributed by atoms with Crippen LogP contribution in [0.5, 0.6) is 11.5 Å². The topological polar surface area (TPSA) is 90.2 Å². The fraction of sp³-hybridized carbons (Fsp3) is 0.244. The van der Waals surface area contributed by atoms with Gasteiger partial charge in [0.2, 0.25) is 0 Å². The normalized spacial score (nSPS) is 12.5. The first-order chi connectivity index (χ1) is 25.2. The lowest BCUT2D eigenvalue weighted by Gasteiger charge is -2.24. The summed E-state index contributed by atoms with van der Waals surface area (Å²) in [5.74, 6) is 1.09. The molecular formula is C45H46N2O6. The minimum atomic E-state index is -0.530. The molecule has 6 aromatic rings. The maximum absolute atomic E-state index is 12.4. The van der Waals surface area contributed by atoms with E-state index >= 15 is 0 Å². The van der Waals surface area contributed by atoms with Crippen LogP contribution in [0.3, 0.4) is 0 Å². The fourth-order valence-electron chi connectivity index (χ4n) is 6.02. The van der Waals surface area contributed by atoms with E-state index in [4.69, 9.17) is 14.2 Å². The predicted molar refractivity (Wildman–Crippen MR) is 211 cm³/mol. The second-order valence-corrected chi connectivity index (χ2v) is 15.0. The Labute approximate surface area is 311 Å². The second-order valence-electron chi connectivity index (χ2n) is 15.0. The van der Waals surface area contributed by atoms with E-state index in [1.54, 1.807) is 27.8 Å². The smallest absolute Gasteiger partial charge is 0.418 e. The van der Waals surface area contributed by atoms with Gasteiger partial charge in [-0.15, -0.1) is 0 Å². The molecule has 2 heterocycles. The summed E-state index contributed by atoms with van der Waals surface area (Å²) in [7, 11) is 0. The lowest BCUT2D eigenvalue weighted by Crippen LogP contribution is -2.35. The van der Waals surface area contributed by atoms with Crippen LogP contribution >= 0.6 is 0 Å². The highest BCUT2D eigenvalue weighted by Gasteiger charge is 2.29. The minimum Gasteiger partial charge on any atom is -0.508 e. The number of aromatic nitrogens is 1. The SMILES string of the molecule is CC(C)(C)OC(=O)N1CCc2cc(-c3ccc(O)cc3)ccc21.CC(C)(C)OC(=O)n1ccc2cc(-c3ccc(OCc4ccccc4)cc3)ccc21. The molecule has 1 aliphatic rings. The summed E-state index contributed by atoms with van der Waals surface area (Å²) < 4.78 is 18.4. The zero-order valence-electron chi connectivity index (χ0n) is 31.1. The molecule has 0 radical (unpaired) electrons. The Kier molecular flexibility index (Phi) is 10.6. The molecule has 0 atom stereocenters. The van der Waals surface area contributed by atoms with E-state index in [0.29, 0.717) is 13.2 Å². The van der Waals surface area contributed by atoms with Gasteiger partial charge in [0.1, 0.15) is 29.3 Å². The molecule has 1 aromatic heterocycles. The first-order valence-electron chi connectivity index (χ1n) is 17.8. The van der Waals surface area contributed by atoms with Crippen LogP contribution < -0.4 is 9.64 Å².